The second kappa shape index (κ2) is 8.30. The molecule has 0 unspecified atom stereocenters. The Bertz CT molecular complexity index is 879. The van der Waals surface area contributed by atoms with Crippen molar-refractivity contribution in [2.75, 3.05) is 5.32 Å². The van der Waals surface area contributed by atoms with Gasteiger partial charge < -0.3 is 5.32 Å². The highest BCUT2D eigenvalue weighted by molar-refractivity contribution is 6.29. The van der Waals surface area contributed by atoms with Crippen molar-refractivity contribution in [2.45, 2.75) is 19.8 Å². The first-order valence-corrected chi connectivity index (χ1v) is 8.87. The zero-order chi connectivity index (χ0) is 18.4. The Morgan fingerprint density at radius 1 is 0.808 bits per heavy atom. The zero-order valence-electron chi connectivity index (χ0n) is 15.1. The number of amides is 1. The minimum absolute atomic E-state index is 0.114. The molecule has 0 bridgehead atoms. The van der Waals surface area contributed by atoms with Gasteiger partial charge >= 0.3 is 0 Å². The maximum Gasteiger partial charge on any atom is 0.256 e. The van der Waals surface area contributed by atoms with E-state index < -0.39 is 0 Å². The summed E-state index contributed by atoms with van der Waals surface area (Å²) in [5.41, 5.74) is 4.59. The van der Waals surface area contributed by atoms with Crippen LogP contribution < -0.4 is 5.32 Å². The highest BCUT2D eigenvalue weighted by Gasteiger charge is 2.12. The number of hydrogen-bond acceptors (Lipinski definition) is 1. The van der Waals surface area contributed by atoms with Gasteiger partial charge in [-0.2, -0.15) is 0 Å². The molecule has 2 heteroatoms. The molecule has 2 nitrogen and oxygen atoms in total. The smallest absolute Gasteiger partial charge is 0.256 e. The lowest BCUT2D eigenvalue weighted by atomic mass is 10.0. The molecule has 0 radical (unpaired) electrons. The minimum Gasteiger partial charge on any atom is -0.322 e. The lowest BCUT2D eigenvalue weighted by Gasteiger charge is -2.11. The van der Waals surface area contributed by atoms with Crippen LogP contribution in [0.1, 0.15) is 36.5 Å². The third-order valence-corrected chi connectivity index (χ3v) is 4.28. The van der Waals surface area contributed by atoms with Crippen molar-refractivity contribution in [1.82, 2.24) is 0 Å². The van der Waals surface area contributed by atoms with Crippen LogP contribution in [0.15, 0.2) is 84.9 Å². The van der Waals surface area contributed by atoms with Crippen molar-refractivity contribution < 1.29 is 4.79 Å². The molecule has 0 aromatic heterocycles. The van der Waals surface area contributed by atoms with Gasteiger partial charge in [0.2, 0.25) is 0 Å². The van der Waals surface area contributed by atoms with Crippen molar-refractivity contribution in [2.24, 2.45) is 0 Å². The van der Waals surface area contributed by atoms with Crippen molar-refractivity contribution in [1.29, 1.82) is 0 Å². The SMILES string of the molecule is CC(C)c1ccc(NC(=O)C(=Cc2ccccc2)c2ccccc2)cc1. The molecule has 0 aliphatic rings. The summed E-state index contributed by atoms with van der Waals surface area (Å²) in [4.78, 5) is 13.0. The average molecular weight is 341 g/mol. The minimum atomic E-state index is -0.114. The normalized spacial score (nSPS) is 11.4. The lowest BCUT2D eigenvalue weighted by Crippen LogP contribution is -2.13. The number of carbonyl (C=O) groups excluding carboxylic acids is 1. The number of carbonyl (C=O) groups is 1. The summed E-state index contributed by atoms with van der Waals surface area (Å²) in [7, 11) is 0. The van der Waals surface area contributed by atoms with E-state index in [-0.39, 0.29) is 5.91 Å². The first-order valence-electron chi connectivity index (χ1n) is 8.87. The van der Waals surface area contributed by atoms with E-state index in [1.807, 2.05) is 78.9 Å². The van der Waals surface area contributed by atoms with Gasteiger partial charge in [-0.1, -0.05) is 86.6 Å². The van der Waals surface area contributed by atoms with Crippen LogP contribution in [0.25, 0.3) is 11.6 Å². The Balaban J connectivity index is 1.89. The molecule has 0 saturated heterocycles. The van der Waals surface area contributed by atoms with Gasteiger partial charge in [0, 0.05) is 11.3 Å². The first kappa shape index (κ1) is 17.7. The fourth-order valence-electron chi connectivity index (χ4n) is 2.76. The van der Waals surface area contributed by atoms with Gasteiger partial charge in [-0.15, -0.1) is 0 Å². The molecule has 3 aromatic carbocycles. The summed E-state index contributed by atoms with van der Waals surface area (Å²) in [6.07, 6.45) is 1.92. The molecular weight excluding hydrogens is 318 g/mol. The number of rotatable bonds is 5. The van der Waals surface area contributed by atoms with Gasteiger partial charge in [0.15, 0.2) is 0 Å². The van der Waals surface area contributed by atoms with Crippen molar-refractivity contribution >= 4 is 23.2 Å². The fraction of sp³-hybridized carbons (Fsp3) is 0.125. The Kier molecular flexibility index (Phi) is 5.65. The molecule has 3 aromatic rings. The third-order valence-electron chi connectivity index (χ3n) is 4.28. The van der Waals surface area contributed by atoms with Crippen LogP contribution in [0.3, 0.4) is 0 Å². The standard InChI is InChI=1S/C24H23NO/c1-18(2)20-13-15-22(16-14-20)25-24(26)23(21-11-7-4-8-12-21)17-19-9-5-3-6-10-19/h3-18H,1-2H3,(H,25,26). The molecule has 130 valence electrons. The highest BCUT2D eigenvalue weighted by atomic mass is 16.1. The van der Waals surface area contributed by atoms with Crippen molar-refractivity contribution in [3.63, 3.8) is 0 Å². The topological polar surface area (TPSA) is 29.1 Å². The van der Waals surface area contributed by atoms with E-state index in [4.69, 9.17) is 0 Å². The van der Waals surface area contributed by atoms with E-state index >= 15 is 0 Å². The summed E-state index contributed by atoms with van der Waals surface area (Å²) in [5, 5.41) is 3.02. The van der Waals surface area contributed by atoms with Gasteiger partial charge in [-0.3, -0.25) is 4.79 Å². The summed E-state index contributed by atoms with van der Waals surface area (Å²) >= 11 is 0. The second-order valence-electron chi connectivity index (χ2n) is 6.57. The maximum atomic E-state index is 13.0. The molecule has 0 atom stereocenters. The van der Waals surface area contributed by atoms with E-state index in [2.05, 4.69) is 31.3 Å². The number of benzene rings is 3. The number of anilines is 1. The van der Waals surface area contributed by atoms with Crippen molar-refractivity contribution in [3.8, 4) is 0 Å². The summed E-state index contributed by atoms with van der Waals surface area (Å²) in [6, 6.07) is 27.7. The van der Waals surface area contributed by atoms with Crippen LogP contribution in [-0.4, -0.2) is 5.91 Å². The van der Waals surface area contributed by atoms with E-state index in [0.29, 0.717) is 11.5 Å². The van der Waals surface area contributed by atoms with Crippen LogP contribution >= 0.6 is 0 Å². The summed E-state index contributed by atoms with van der Waals surface area (Å²) < 4.78 is 0. The van der Waals surface area contributed by atoms with Gasteiger partial charge in [0.05, 0.1) is 0 Å². The molecule has 1 amide bonds. The average Bonchev–Trinajstić information content (AvgIpc) is 2.68. The number of hydrogen-bond donors (Lipinski definition) is 1. The summed E-state index contributed by atoms with van der Waals surface area (Å²) in [6.45, 7) is 4.31. The molecule has 1 N–H and O–H groups in total. The number of nitrogens with one attached hydrogen (secondary N) is 1. The van der Waals surface area contributed by atoms with Gasteiger partial charge in [0.25, 0.3) is 5.91 Å². The second-order valence-corrected chi connectivity index (χ2v) is 6.57. The molecule has 0 aliphatic carbocycles. The summed E-state index contributed by atoms with van der Waals surface area (Å²) in [5.74, 6) is 0.356. The monoisotopic (exact) mass is 341 g/mol. The molecule has 3 rings (SSSR count). The van der Waals surface area contributed by atoms with Crippen LogP contribution in [-0.2, 0) is 4.79 Å². The van der Waals surface area contributed by atoms with E-state index in [1.165, 1.54) is 5.56 Å². The van der Waals surface area contributed by atoms with Crippen LogP contribution in [0.2, 0.25) is 0 Å². The molecule has 0 saturated carbocycles. The maximum absolute atomic E-state index is 13.0. The van der Waals surface area contributed by atoms with Crippen LogP contribution in [0, 0.1) is 0 Å². The Hall–Kier alpha value is -3.13. The Morgan fingerprint density at radius 2 is 1.38 bits per heavy atom. The molecule has 0 fully saturated rings. The predicted octanol–water partition coefficient (Wildman–Crippen LogP) is 5.99. The Labute approximate surface area is 155 Å². The Morgan fingerprint density at radius 3 is 1.96 bits per heavy atom. The van der Waals surface area contributed by atoms with E-state index in [9.17, 15) is 4.79 Å². The van der Waals surface area contributed by atoms with Gasteiger partial charge in [-0.25, -0.2) is 0 Å². The third kappa shape index (κ3) is 4.48. The molecule has 0 heterocycles. The lowest BCUT2D eigenvalue weighted by molar-refractivity contribution is -0.111. The molecule has 26 heavy (non-hydrogen) atoms. The van der Waals surface area contributed by atoms with E-state index in [1.54, 1.807) is 0 Å². The quantitative estimate of drug-likeness (QED) is 0.448. The molecule has 0 aliphatic heterocycles. The van der Waals surface area contributed by atoms with Gasteiger partial charge in [0.1, 0.15) is 0 Å². The van der Waals surface area contributed by atoms with E-state index in [0.717, 1.165) is 16.8 Å². The highest BCUT2D eigenvalue weighted by Crippen LogP contribution is 2.22. The van der Waals surface area contributed by atoms with Crippen LogP contribution in [0.5, 0.6) is 0 Å². The first-order chi connectivity index (χ1) is 12.6. The largest absolute Gasteiger partial charge is 0.322 e. The zero-order valence-corrected chi connectivity index (χ0v) is 15.1. The van der Waals surface area contributed by atoms with Gasteiger partial charge in [-0.05, 0) is 40.8 Å². The molecular formula is C24H23NO. The fourth-order valence-corrected chi connectivity index (χ4v) is 2.76. The van der Waals surface area contributed by atoms with Crippen molar-refractivity contribution in [3.05, 3.63) is 102 Å². The molecule has 0 spiro atoms. The van der Waals surface area contributed by atoms with Crippen LogP contribution in [0.4, 0.5) is 5.69 Å². The predicted molar refractivity (Wildman–Crippen MR) is 110 cm³/mol.